The van der Waals surface area contributed by atoms with Gasteiger partial charge in [-0.25, -0.2) is 0 Å². The number of methoxy groups -OCH3 is 2. The average molecular weight is 412 g/mol. The molecule has 1 aromatic heterocycles. The fourth-order valence-electron chi connectivity index (χ4n) is 2.76. The van der Waals surface area contributed by atoms with Crippen LogP contribution in [-0.2, 0) is 4.79 Å². The number of nitrogens with zero attached hydrogens (tertiary/aromatic N) is 2. The maximum atomic E-state index is 12.2. The number of rotatable bonds is 6. The highest BCUT2D eigenvalue weighted by Crippen LogP contribution is 2.39. The Labute approximate surface area is 172 Å². The van der Waals surface area contributed by atoms with Crippen LogP contribution < -0.4 is 20.3 Å². The summed E-state index contributed by atoms with van der Waals surface area (Å²) < 4.78 is 10.8. The second kappa shape index (κ2) is 9.24. The number of hydrazine groups is 1. The van der Waals surface area contributed by atoms with Crippen LogP contribution in [0, 0.1) is 6.92 Å². The van der Waals surface area contributed by atoms with Crippen LogP contribution >= 0.6 is 11.8 Å². The molecule has 0 unspecified atom stereocenters. The molecule has 0 saturated heterocycles. The van der Waals surface area contributed by atoms with Gasteiger partial charge in [0.2, 0.25) is 5.91 Å². The summed E-state index contributed by atoms with van der Waals surface area (Å²) in [5.74, 6) is 0.359. The Hall–Kier alpha value is -3.33. The maximum absolute atomic E-state index is 12.2. The number of hydrogen-bond donors (Lipinski definition) is 2. The highest BCUT2D eigenvalue weighted by molar-refractivity contribution is 8.00. The number of ether oxygens (including phenoxy) is 2. The van der Waals surface area contributed by atoms with Crippen LogP contribution in [-0.4, -0.2) is 42.0 Å². The molecular weight excluding hydrogens is 392 g/mol. The molecule has 0 radical (unpaired) electrons. The zero-order valence-electron chi connectivity index (χ0n) is 16.2. The standard InChI is InChI=1S/C20H20N4O4S/c1-12-6-4-5-7-14(12)19(26)23-22-16(25)11-29-20-17-13(10-21-24-20)8-9-15(27-2)18(17)28-3/h4-10H,11H2,1-3H3,(H,22,25)(H,23,26). The third-order valence-electron chi connectivity index (χ3n) is 4.18. The van der Waals surface area contributed by atoms with Gasteiger partial charge in [-0.3, -0.25) is 20.4 Å². The lowest BCUT2D eigenvalue weighted by atomic mass is 10.1. The van der Waals surface area contributed by atoms with E-state index < -0.39 is 0 Å². The summed E-state index contributed by atoms with van der Waals surface area (Å²) in [5, 5.41) is 10.2. The smallest absolute Gasteiger partial charge is 0.269 e. The van der Waals surface area contributed by atoms with Gasteiger partial charge in [0, 0.05) is 10.9 Å². The quantitative estimate of drug-likeness (QED) is 0.474. The van der Waals surface area contributed by atoms with E-state index in [1.54, 1.807) is 38.6 Å². The van der Waals surface area contributed by atoms with Crippen molar-refractivity contribution in [3.63, 3.8) is 0 Å². The summed E-state index contributed by atoms with van der Waals surface area (Å²) in [7, 11) is 3.09. The molecule has 0 aliphatic rings. The number of carbonyl (C=O) groups excluding carboxylic acids is 2. The summed E-state index contributed by atoms with van der Waals surface area (Å²) >= 11 is 1.18. The SMILES string of the molecule is COc1ccc2cnnc(SCC(=O)NNC(=O)c3ccccc3C)c2c1OC. The van der Waals surface area contributed by atoms with E-state index in [2.05, 4.69) is 21.0 Å². The van der Waals surface area contributed by atoms with Gasteiger partial charge < -0.3 is 9.47 Å². The Kier molecular flexibility index (Phi) is 6.50. The van der Waals surface area contributed by atoms with Gasteiger partial charge in [-0.1, -0.05) is 30.0 Å². The molecule has 2 N–H and O–H groups in total. The van der Waals surface area contributed by atoms with Crippen LogP contribution in [0.3, 0.4) is 0 Å². The monoisotopic (exact) mass is 412 g/mol. The predicted octanol–water partition coefficient (Wildman–Crippen LogP) is 2.51. The molecule has 8 nitrogen and oxygen atoms in total. The van der Waals surface area contributed by atoms with E-state index in [1.807, 2.05) is 25.1 Å². The summed E-state index contributed by atoms with van der Waals surface area (Å²) in [4.78, 5) is 24.4. The average Bonchev–Trinajstić information content (AvgIpc) is 2.75. The number of aryl methyl sites for hydroxylation is 1. The van der Waals surface area contributed by atoms with Gasteiger partial charge >= 0.3 is 0 Å². The normalized spacial score (nSPS) is 10.4. The molecule has 3 rings (SSSR count). The van der Waals surface area contributed by atoms with Gasteiger partial charge in [-0.2, -0.15) is 5.10 Å². The number of fused-ring (bicyclic) bond motifs is 1. The molecule has 0 bridgehead atoms. The molecule has 0 spiro atoms. The van der Waals surface area contributed by atoms with Crippen LogP contribution in [0.2, 0.25) is 0 Å². The highest BCUT2D eigenvalue weighted by Gasteiger charge is 2.16. The lowest BCUT2D eigenvalue weighted by Crippen LogP contribution is -2.42. The number of thioether (sulfide) groups is 1. The van der Waals surface area contributed by atoms with Gasteiger partial charge in [0.05, 0.1) is 31.6 Å². The maximum Gasteiger partial charge on any atom is 0.269 e. The third-order valence-corrected chi connectivity index (χ3v) is 5.15. The first-order valence-electron chi connectivity index (χ1n) is 8.69. The fourth-order valence-corrected chi connectivity index (χ4v) is 3.56. The summed E-state index contributed by atoms with van der Waals surface area (Å²) in [6, 6.07) is 10.8. The molecular formula is C20H20N4O4S. The zero-order valence-corrected chi connectivity index (χ0v) is 17.0. The Morgan fingerprint density at radius 1 is 1.07 bits per heavy atom. The van der Waals surface area contributed by atoms with Crippen molar-refractivity contribution in [1.82, 2.24) is 21.0 Å². The van der Waals surface area contributed by atoms with Gasteiger partial charge in [-0.05, 0) is 30.7 Å². The number of aromatic nitrogens is 2. The topological polar surface area (TPSA) is 102 Å². The van der Waals surface area contributed by atoms with Crippen molar-refractivity contribution in [2.24, 2.45) is 0 Å². The summed E-state index contributed by atoms with van der Waals surface area (Å²) in [6.45, 7) is 1.83. The van der Waals surface area contributed by atoms with Crippen molar-refractivity contribution in [3.05, 3.63) is 53.7 Å². The zero-order chi connectivity index (χ0) is 20.8. The fraction of sp³-hybridized carbons (Fsp3) is 0.200. The highest BCUT2D eigenvalue weighted by atomic mass is 32.2. The predicted molar refractivity (Wildman–Crippen MR) is 110 cm³/mol. The molecule has 0 aliphatic carbocycles. The van der Waals surface area contributed by atoms with Gasteiger partial charge in [0.1, 0.15) is 5.03 Å². The van der Waals surface area contributed by atoms with Gasteiger partial charge in [-0.15, -0.1) is 5.10 Å². The van der Waals surface area contributed by atoms with E-state index in [0.717, 1.165) is 10.9 Å². The van der Waals surface area contributed by atoms with E-state index in [1.165, 1.54) is 11.8 Å². The Morgan fingerprint density at radius 3 is 2.59 bits per heavy atom. The molecule has 150 valence electrons. The van der Waals surface area contributed by atoms with Crippen molar-refractivity contribution < 1.29 is 19.1 Å². The van der Waals surface area contributed by atoms with E-state index in [4.69, 9.17) is 9.47 Å². The van der Waals surface area contributed by atoms with Crippen LogP contribution in [0.25, 0.3) is 10.8 Å². The van der Waals surface area contributed by atoms with Crippen LogP contribution in [0.5, 0.6) is 11.5 Å². The number of benzene rings is 2. The van der Waals surface area contributed by atoms with E-state index in [-0.39, 0.29) is 17.6 Å². The second-order valence-corrected chi connectivity index (χ2v) is 6.98. The molecule has 1 heterocycles. The molecule has 2 amide bonds. The minimum atomic E-state index is -0.377. The molecule has 0 saturated carbocycles. The molecule has 0 atom stereocenters. The third kappa shape index (κ3) is 4.57. The number of nitrogens with one attached hydrogen (secondary N) is 2. The molecule has 0 aliphatic heterocycles. The Bertz CT molecular complexity index is 1060. The van der Waals surface area contributed by atoms with Crippen molar-refractivity contribution in [3.8, 4) is 11.5 Å². The van der Waals surface area contributed by atoms with Crippen molar-refractivity contribution in [2.45, 2.75) is 11.9 Å². The number of carbonyl (C=O) groups is 2. The Balaban J connectivity index is 1.68. The second-order valence-electron chi connectivity index (χ2n) is 6.02. The first kappa shape index (κ1) is 20.4. The minimum Gasteiger partial charge on any atom is -0.493 e. The van der Waals surface area contributed by atoms with Crippen LogP contribution in [0.15, 0.2) is 47.6 Å². The molecule has 29 heavy (non-hydrogen) atoms. The molecule has 3 aromatic rings. The van der Waals surface area contributed by atoms with Gasteiger partial charge in [0.15, 0.2) is 11.5 Å². The van der Waals surface area contributed by atoms with Crippen molar-refractivity contribution >= 4 is 34.3 Å². The van der Waals surface area contributed by atoms with Crippen LogP contribution in [0.4, 0.5) is 0 Å². The number of hydrogen-bond acceptors (Lipinski definition) is 7. The van der Waals surface area contributed by atoms with Crippen molar-refractivity contribution in [1.29, 1.82) is 0 Å². The van der Waals surface area contributed by atoms with Gasteiger partial charge in [0.25, 0.3) is 5.91 Å². The summed E-state index contributed by atoms with van der Waals surface area (Å²) in [6.07, 6.45) is 1.61. The molecule has 9 heteroatoms. The van der Waals surface area contributed by atoms with Crippen molar-refractivity contribution in [2.75, 3.05) is 20.0 Å². The largest absolute Gasteiger partial charge is 0.493 e. The van der Waals surface area contributed by atoms with Crippen LogP contribution in [0.1, 0.15) is 15.9 Å². The first-order valence-corrected chi connectivity index (χ1v) is 9.67. The lowest BCUT2D eigenvalue weighted by molar-refractivity contribution is -0.119. The van der Waals surface area contributed by atoms with E-state index >= 15 is 0 Å². The number of amides is 2. The summed E-state index contributed by atoms with van der Waals surface area (Å²) in [5.41, 5.74) is 6.15. The first-order chi connectivity index (χ1) is 14.0. The molecule has 2 aromatic carbocycles. The Morgan fingerprint density at radius 2 is 1.86 bits per heavy atom. The van der Waals surface area contributed by atoms with E-state index in [9.17, 15) is 9.59 Å². The minimum absolute atomic E-state index is 0.0300. The van der Waals surface area contributed by atoms with E-state index in [0.29, 0.717) is 27.5 Å². The molecule has 0 fully saturated rings. The lowest BCUT2D eigenvalue weighted by Gasteiger charge is -2.13.